The van der Waals surface area contributed by atoms with Gasteiger partial charge in [0, 0.05) is 0 Å². The van der Waals surface area contributed by atoms with Crippen LogP contribution in [0.2, 0.25) is 0 Å². The Morgan fingerprint density at radius 1 is 0.871 bits per heavy atom. The Kier molecular flexibility index (Phi) is 6.11. The van der Waals surface area contributed by atoms with E-state index in [1.165, 1.54) is 55.1 Å². The number of hydrogen-bond acceptors (Lipinski definition) is 3. The van der Waals surface area contributed by atoms with E-state index < -0.39 is 0 Å². The summed E-state index contributed by atoms with van der Waals surface area (Å²) in [6.45, 7) is 2.32. The molecule has 3 N–H and O–H groups in total. The van der Waals surface area contributed by atoms with E-state index >= 15 is 0 Å². The molecule has 0 aromatic heterocycles. The normalized spacial score (nSPS) is 41.8. The summed E-state index contributed by atoms with van der Waals surface area (Å²) in [6.07, 6.45) is 16.1. The fraction of sp³-hybridized carbons (Fsp3) is 0.786. The van der Waals surface area contributed by atoms with Gasteiger partial charge in [-0.15, -0.1) is 0 Å². The maximum atomic E-state index is 10.4. The summed E-state index contributed by atoms with van der Waals surface area (Å²) in [5, 5.41) is 28.8. The van der Waals surface area contributed by atoms with Crippen molar-refractivity contribution in [1.29, 1.82) is 0 Å². The number of aryl methyl sites for hydroxylation is 1. The molecule has 5 fully saturated rings. The third-order valence-electron chi connectivity index (χ3n) is 9.96. The Morgan fingerprint density at radius 2 is 1.61 bits per heavy atom. The van der Waals surface area contributed by atoms with Gasteiger partial charge in [-0.05, 0) is 129 Å². The molecule has 7 rings (SSSR count). The highest BCUT2D eigenvalue weighted by Crippen LogP contribution is 2.61. The summed E-state index contributed by atoms with van der Waals surface area (Å²) in [5.74, 6) is 4.95. The molecule has 0 spiro atoms. The first kappa shape index (κ1) is 21.8. The molecule has 0 amide bonds. The minimum atomic E-state index is -0.0883. The third-order valence-corrected chi connectivity index (χ3v) is 9.96. The Hall–Kier alpha value is -1.06. The average molecular weight is 427 g/mol. The van der Waals surface area contributed by atoms with Crippen molar-refractivity contribution in [2.24, 2.45) is 29.1 Å². The van der Waals surface area contributed by atoms with Crippen molar-refractivity contribution in [3.8, 4) is 5.75 Å². The minimum Gasteiger partial charge on any atom is -0.508 e. The lowest BCUT2D eigenvalue weighted by Crippen LogP contribution is -2.43. The van der Waals surface area contributed by atoms with Crippen molar-refractivity contribution < 1.29 is 15.3 Å². The van der Waals surface area contributed by atoms with Gasteiger partial charge in [0.1, 0.15) is 5.75 Å². The van der Waals surface area contributed by atoms with Gasteiger partial charge in [-0.3, -0.25) is 0 Å². The fourth-order valence-electron chi connectivity index (χ4n) is 7.63. The van der Waals surface area contributed by atoms with E-state index in [0.29, 0.717) is 17.6 Å². The molecular formula is C28H42O3. The molecule has 172 valence electrons. The number of hydrogen-bond donors (Lipinski definition) is 3. The van der Waals surface area contributed by atoms with Crippen molar-refractivity contribution in [2.75, 3.05) is 0 Å². The summed E-state index contributed by atoms with van der Waals surface area (Å²) in [5.41, 5.74) is 2.99. The zero-order valence-corrected chi connectivity index (χ0v) is 19.3. The van der Waals surface area contributed by atoms with E-state index in [0.717, 1.165) is 38.0 Å². The zero-order valence-electron chi connectivity index (χ0n) is 19.3. The van der Waals surface area contributed by atoms with E-state index in [9.17, 15) is 10.2 Å². The molecule has 5 saturated carbocycles. The second kappa shape index (κ2) is 8.71. The van der Waals surface area contributed by atoms with Crippen LogP contribution >= 0.6 is 0 Å². The van der Waals surface area contributed by atoms with E-state index in [1.807, 2.05) is 12.1 Å². The fourth-order valence-corrected chi connectivity index (χ4v) is 7.63. The topological polar surface area (TPSA) is 60.7 Å². The summed E-state index contributed by atoms with van der Waals surface area (Å²) in [6, 6.07) is 5.96. The van der Waals surface area contributed by atoms with Crippen molar-refractivity contribution in [3.63, 3.8) is 0 Å². The lowest BCUT2D eigenvalue weighted by atomic mass is 9.55. The Balaban J connectivity index is 0.000000149. The first-order valence-corrected chi connectivity index (χ1v) is 13.1. The molecule has 1 aromatic carbocycles. The monoisotopic (exact) mass is 426 g/mol. The third kappa shape index (κ3) is 4.29. The second-order valence-electron chi connectivity index (χ2n) is 11.7. The number of fused-ring (bicyclic) bond motifs is 6. The van der Waals surface area contributed by atoms with Crippen LogP contribution in [0.1, 0.15) is 101 Å². The molecule has 31 heavy (non-hydrogen) atoms. The largest absolute Gasteiger partial charge is 0.508 e. The Bertz CT molecular complexity index is 758. The Labute approximate surface area is 188 Å². The summed E-state index contributed by atoms with van der Waals surface area (Å²) >= 11 is 0. The highest BCUT2D eigenvalue weighted by molar-refractivity contribution is 5.40. The van der Waals surface area contributed by atoms with Gasteiger partial charge < -0.3 is 15.3 Å². The van der Waals surface area contributed by atoms with Crippen LogP contribution in [0.3, 0.4) is 0 Å². The molecule has 0 bridgehead atoms. The molecule has 1 aromatic rings. The second-order valence-corrected chi connectivity index (χ2v) is 11.7. The molecule has 6 aliphatic rings. The van der Waals surface area contributed by atoms with Crippen LogP contribution in [0.15, 0.2) is 18.2 Å². The Morgan fingerprint density at radius 3 is 2.19 bits per heavy atom. The van der Waals surface area contributed by atoms with Gasteiger partial charge in [0.05, 0.1) is 12.2 Å². The SMILES string of the molecule is C1CC2CC12.C[C@]12CC[C@@H]3c4ccc(O)cc4CC[C@H]3[C@@H]1CC[C@@H]2O.OC1CCCC1. The molecule has 0 radical (unpaired) electrons. The first-order chi connectivity index (χ1) is 15.0. The van der Waals surface area contributed by atoms with Gasteiger partial charge in [-0.25, -0.2) is 0 Å². The molecule has 0 heterocycles. The van der Waals surface area contributed by atoms with Crippen molar-refractivity contribution >= 4 is 0 Å². The first-order valence-electron chi connectivity index (χ1n) is 13.1. The molecule has 7 atom stereocenters. The minimum absolute atomic E-state index is 0.0463. The van der Waals surface area contributed by atoms with Gasteiger partial charge in [0.25, 0.3) is 0 Å². The average Bonchev–Trinajstić information content (AvgIpc) is 3.07. The van der Waals surface area contributed by atoms with Gasteiger partial charge in [0.15, 0.2) is 0 Å². The molecule has 6 aliphatic carbocycles. The van der Waals surface area contributed by atoms with Gasteiger partial charge in [-0.1, -0.05) is 25.8 Å². The number of aliphatic hydroxyl groups is 2. The zero-order chi connectivity index (χ0) is 21.6. The molecule has 2 unspecified atom stereocenters. The smallest absolute Gasteiger partial charge is 0.115 e. The highest BCUT2D eigenvalue weighted by Gasteiger charge is 2.54. The van der Waals surface area contributed by atoms with Crippen LogP contribution in [0.5, 0.6) is 5.75 Å². The van der Waals surface area contributed by atoms with E-state index in [-0.39, 0.29) is 17.6 Å². The van der Waals surface area contributed by atoms with Crippen LogP contribution in [-0.2, 0) is 6.42 Å². The molecule has 0 saturated heterocycles. The standard InChI is InChI=1S/C18H24O2.C5H10O.C5H8/c1-18-9-8-14-13-5-3-12(19)10-11(13)2-4-15(14)16(18)6-7-17(18)20;6-5-3-1-2-4-5;1-2-5-3-4(1)5/h3,5,10,14-17,19-20H,2,4,6-9H2,1H3;5-6H,1-4H2;4-5H,1-3H2/t14-,15-,16+,17+,18+;;/m1../s1. The number of rotatable bonds is 0. The van der Waals surface area contributed by atoms with Crippen molar-refractivity contribution in [1.82, 2.24) is 0 Å². The number of aliphatic hydroxyl groups excluding tert-OH is 2. The predicted octanol–water partition coefficient (Wildman–Crippen LogP) is 5.95. The number of benzene rings is 1. The quantitative estimate of drug-likeness (QED) is 0.481. The van der Waals surface area contributed by atoms with Crippen LogP contribution in [0.25, 0.3) is 0 Å². The lowest BCUT2D eigenvalue weighted by molar-refractivity contribution is -0.0226. The predicted molar refractivity (Wildman–Crippen MR) is 124 cm³/mol. The maximum Gasteiger partial charge on any atom is 0.115 e. The van der Waals surface area contributed by atoms with Crippen LogP contribution < -0.4 is 0 Å². The van der Waals surface area contributed by atoms with Crippen LogP contribution in [0.4, 0.5) is 0 Å². The maximum absolute atomic E-state index is 10.4. The highest BCUT2D eigenvalue weighted by atomic mass is 16.3. The van der Waals surface area contributed by atoms with E-state index in [4.69, 9.17) is 5.11 Å². The van der Waals surface area contributed by atoms with E-state index in [1.54, 1.807) is 19.3 Å². The molecule has 3 nitrogen and oxygen atoms in total. The summed E-state index contributed by atoms with van der Waals surface area (Å²) in [7, 11) is 0. The number of aromatic hydroxyl groups is 1. The van der Waals surface area contributed by atoms with Crippen LogP contribution in [0, 0.1) is 29.1 Å². The molecule has 3 heteroatoms. The van der Waals surface area contributed by atoms with Gasteiger partial charge >= 0.3 is 0 Å². The summed E-state index contributed by atoms with van der Waals surface area (Å²) < 4.78 is 0. The van der Waals surface area contributed by atoms with Crippen molar-refractivity contribution in [3.05, 3.63) is 29.3 Å². The van der Waals surface area contributed by atoms with Crippen molar-refractivity contribution in [2.45, 2.75) is 109 Å². The van der Waals surface area contributed by atoms with Gasteiger partial charge in [0.2, 0.25) is 0 Å². The molecular weight excluding hydrogens is 384 g/mol. The molecule has 0 aliphatic heterocycles. The van der Waals surface area contributed by atoms with Crippen LogP contribution in [-0.4, -0.2) is 27.5 Å². The number of phenolic OH excluding ortho intramolecular Hbond substituents is 1. The van der Waals surface area contributed by atoms with Gasteiger partial charge in [-0.2, -0.15) is 0 Å². The lowest BCUT2D eigenvalue weighted by Gasteiger charge is -2.50. The summed E-state index contributed by atoms with van der Waals surface area (Å²) in [4.78, 5) is 0. The van der Waals surface area contributed by atoms with E-state index in [2.05, 4.69) is 13.0 Å². The number of phenols is 1.